The number of hydrogen-bond acceptors (Lipinski definition) is 4. The van der Waals surface area contributed by atoms with Gasteiger partial charge in [0.25, 0.3) is 0 Å². The lowest BCUT2D eigenvalue weighted by molar-refractivity contribution is -0.134. The molecule has 3 saturated carbocycles. The van der Waals surface area contributed by atoms with Gasteiger partial charge in [0.15, 0.2) is 0 Å². The maximum Gasteiger partial charge on any atom is 0.216 e. The predicted octanol–water partition coefficient (Wildman–Crippen LogP) is 4.86. The zero-order valence-electron chi connectivity index (χ0n) is 21.9. The Morgan fingerprint density at radius 2 is 1.88 bits per heavy atom. The third-order valence-corrected chi connectivity index (χ3v) is 10.6. The molecule has 2 N–H and O–H groups in total. The number of allylic oxidation sites excluding steroid dienone is 1. The summed E-state index contributed by atoms with van der Waals surface area (Å²) in [7, 11) is 0. The molecular weight excluding hydrogens is 426 g/mol. The van der Waals surface area contributed by atoms with Crippen LogP contribution in [0.2, 0.25) is 0 Å². The third kappa shape index (κ3) is 4.42. The highest BCUT2D eigenvalue weighted by molar-refractivity contribution is 5.92. The van der Waals surface area contributed by atoms with Crippen molar-refractivity contribution in [3.63, 3.8) is 0 Å². The number of rotatable bonds is 7. The van der Waals surface area contributed by atoms with E-state index >= 15 is 0 Å². The molecule has 0 bridgehead atoms. The maximum absolute atomic E-state index is 13.4. The summed E-state index contributed by atoms with van der Waals surface area (Å²) in [5.74, 6) is 1.78. The number of fused-ring (bicyclic) bond motifs is 5. The lowest BCUT2D eigenvalue weighted by Crippen LogP contribution is -2.51. The Morgan fingerprint density at radius 3 is 2.59 bits per heavy atom. The first-order chi connectivity index (χ1) is 16.0. The van der Waals surface area contributed by atoms with Gasteiger partial charge in [-0.2, -0.15) is 0 Å². The summed E-state index contributed by atoms with van der Waals surface area (Å²) in [6, 6.07) is 0. The van der Waals surface area contributed by atoms with E-state index < -0.39 is 0 Å². The molecule has 0 saturated heterocycles. The largest absolute Gasteiger partial charge is 0.393 e. The van der Waals surface area contributed by atoms with Crippen molar-refractivity contribution < 1.29 is 19.5 Å². The molecule has 4 aliphatic rings. The van der Waals surface area contributed by atoms with Crippen LogP contribution in [-0.2, 0) is 14.4 Å². The van der Waals surface area contributed by atoms with E-state index in [1.54, 1.807) is 0 Å². The molecule has 0 aromatic rings. The van der Waals surface area contributed by atoms with Crippen molar-refractivity contribution >= 4 is 17.5 Å². The van der Waals surface area contributed by atoms with Crippen molar-refractivity contribution in [3.05, 3.63) is 11.6 Å². The van der Waals surface area contributed by atoms with Crippen LogP contribution < -0.4 is 5.32 Å². The van der Waals surface area contributed by atoms with Crippen LogP contribution in [0, 0.1) is 46.3 Å². The summed E-state index contributed by atoms with van der Waals surface area (Å²) in [6.07, 6.45) is 9.96. The average molecular weight is 472 g/mol. The van der Waals surface area contributed by atoms with Gasteiger partial charge in [0.1, 0.15) is 11.6 Å². The summed E-state index contributed by atoms with van der Waals surface area (Å²) < 4.78 is 0. The number of nitrogens with one attached hydrogen (secondary N) is 1. The van der Waals surface area contributed by atoms with Crippen molar-refractivity contribution in [2.24, 2.45) is 46.3 Å². The molecule has 4 rings (SSSR count). The van der Waals surface area contributed by atoms with Gasteiger partial charge in [-0.15, -0.1) is 0 Å². The first-order valence-corrected chi connectivity index (χ1v) is 13.6. The standard InChI is InChI=1S/C29H45NO4/c1-17(16-30-19(3)31)6-9-25(33)18(2)27-26(34)15-24-22-8-7-20-14-21(32)10-12-28(20,4)23(22)11-13-29(24,27)5/h7,17-18,21-24,27,32H,6,8-16H2,1-5H3,(H,30,31)/t17-,18-,21+,22+,23-,24-,27-,28+,29+/m1/s1. The van der Waals surface area contributed by atoms with Crippen molar-refractivity contribution in [3.8, 4) is 0 Å². The van der Waals surface area contributed by atoms with Gasteiger partial charge in [0, 0.05) is 38.1 Å². The van der Waals surface area contributed by atoms with Crippen LogP contribution in [0.5, 0.6) is 0 Å². The van der Waals surface area contributed by atoms with Gasteiger partial charge in [-0.25, -0.2) is 0 Å². The second-order valence-corrected chi connectivity index (χ2v) is 12.7. The number of ketones is 2. The van der Waals surface area contributed by atoms with E-state index in [0.717, 1.165) is 44.9 Å². The Morgan fingerprint density at radius 1 is 1.15 bits per heavy atom. The molecule has 0 aromatic heterocycles. The average Bonchev–Trinajstić information content (AvgIpc) is 3.05. The lowest BCUT2D eigenvalue weighted by Gasteiger charge is -2.58. The van der Waals surface area contributed by atoms with Crippen LogP contribution in [0.1, 0.15) is 92.4 Å². The molecule has 0 spiro atoms. The minimum absolute atomic E-state index is 0.0411. The van der Waals surface area contributed by atoms with E-state index in [9.17, 15) is 19.5 Å². The van der Waals surface area contributed by atoms with E-state index in [0.29, 0.717) is 42.9 Å². The Balaban J connectivity index is 1.46. The highest BCUT2D eigenvalue weighted by Gasteiger charge is 2.62. The molecule has 34 heavy (non-hydrogen) atoms. The van der Waals surface area contributed by atoms with Gasteiger partial charge in [-0.1, -0.05) is 39.3 Å². The van der Waals surface area contributed by atoms with Crippen LogP contribution in [0.25, 0.3) is 0 Å². The third-order valence-electron chi connectivity index (χ3n) is 10.6. The Bertz CT molecular complexity index is 864. The van der Waals surface area contributed by atoms with E-state index in [-0.39, 0.29) is 46.4 Å². The minimum atomic E-state index is -0.234. The normalized spacial score (nSPS) is 40.9. The molecule has 190 valence electrons. The number of aliphatic hydroxyl groups excluding tert-OH is 1. The second kappa shape index (κ2) is 9.52. The molecule has 0 aromatic carbocycles. The molecule has 3 fully saturated rings. The molecule has 0 heterocycles. The van der Waals surface area contributed by atoms with Crippen LogP contribution in [0.15, 0.2) is 11.6 Å². The molecule has 0 aliphatic heterocycles. The lowest BCUT2D eigenvalue weighted by atomic mass is 9.47. The highest BCUT2D eigenvalue weighted by Crippen LogP contribution is 2.66. The van der Waals surface area contributed by atoms with Gasteiger partial charge < -0.3 is 10.4 Å². The van der Waals surface area contributed by atoms with Crippen LogP contribution in [0.4, 0.5) is 0 Å². The fourth-order valence-electron chi connectivity index (χ4n) is 8.54. The van der Waals surface area contributed by atoms with Gasteiger partial charge in [-0.05, 0) is 79.4 Å². The smallest absolute Gasteiger partial charge is 0.216 e. The van der Waals surface area contributed by atoms with Crippen molar-refractivity contribution in [2.45, 2.75) is 98.5 Å². The molecule has 0 unspecified atom stereocenters. The number of aliphatic hydroxyl groups is 1. The van der Waals surface area contributed by atoms with Crippen molar-refractivity contribution in [2.75, 3.05) is 6.54 Å². The number of Topliss-reactive ketones (excluding diaryl/α,β-unsaturated/α-hetero) is 2. The SMILES string of the molecule is CC(=O)NC[C@H](C)CCC(=O)[C@@H](C)[C@@H]1C(=O)C[C@@H]2[C@H]3CC=C4C[C@@H](O)CC[C@]4(C)[C@@H]3CC[C@@]21C. The fraction of sp³-hybridized carbons (Fsp3) is 0.828. The summed E-state index contributed by atoms with van der Waals surface area (Å²) in [5.41, 5.74) is 1.52. The summed E-state index contributed by atoms with van der Waals surface area (Å²) in [6.45, 7) is 10.9. The van der Waals surface area contributed by atoms with Crippen LogP contribution >= 0.6 is 0 Å². The number of hydrogen-bond donors (Lipinski definition) is 2. The van der Waals surface area contributed by atoms with Gasteiger partial charge >= 0.3 is 0 Å². The molecule has 0 radical (unpaired) electrons. The Kier molecular flexibility index (Phi) is 7.17. The number of carbonyl (C=O) groups is 3. The van der Waals surface area contributed by atoms with E-state index in [1.807, 2.05) is 6.92 Å². The molecule has 5 heteroatoms. The highest BCUT2D eigenvalue weighted by atomic mass is 16.3. The first-order valence-electron chi connectivity index (χ1n) is 13.6. The van der Waals surface area contributed by atoms with Crippen LogP contribution in [-0.4, -0.2) is 35.2 Å². The van der Waals surface area contributed by atoms with E-state index in [2.05, 4.69) is 32.2 Å². The first kappa shape index (κ1) is 25.6. The summed E-state index contributed by atoms with van der Waals surface area (Å²) in [4.78, 5) is 37.8. The minimum Gasteiger partial charge on any atom is -0.393 e. The maximum atomic E-state index is 13.4. The monoisotopic (exact) mass is 471 g/mol. The number of amides is 1. The zero-order valence-corrected chi connectivity index (χ0v) is 21.9. The molecule has 5 nitrogen and oxygen atoms in total. The van der Waals surface area contributed by atoms with Gasteiger partial charge in [0.2, 0.25) is 5.91 Å². The Labute approximate surface area is 205 Å². The van der Waals surface area contributed by atoms with Crippen LogP contribution in [0.3, 0.4) is 0 Å². The zero-order chi connectivity index (χ0) is 24.8. The molecule has 4 aliphatic carbocycles. The number of carbonyl (C=O) groups excluding carboxylic acids is 3. The molecular formula is C29H45NO4. The van der Waals surface area contributed by atoms with Gasteiger partial charge in [-0.3, -0.25) is 14.4 Å². The topological polar surface area (TPSA) is 83.5 Å². The van der Waals surface area contributed by atoms with E-state index in [4.69, 9.17) is 0 Å². The molecule has 9 atom stereocenters. The van der Waals surface area contributed by atoms with E-state index in [1.165, 1.54) is 12.5 Å². The van der Waals surface area contributed by atoms with Crippen molar-refractivity contribution in [1.82, 2.24) is 5.32 Å². The quantitative estimate of drug-likeness (QED) is 0.519. The predicted molar refractivity (Wildman–Crippen MR) is 133 cm³/mol. The summed E-state index contributed by atoms with van der Waals surface area (Å²) >= 11 is 0. The fourth-order valence-corrected chi connectivity index (χ4v) is 8.54. The van der Waals surface area contributed by atoms with Crippen molar-refractivity contribution in [1.29, 1.82) is 0 Å². The molecule has 1 amide bonds. The Hall–Kier alpha value is -1.49. The summed E-state index contributed by atoms with van der Waals surface area (Å²) in [5, 5.41) is 13.1. The van der Waals surface area contributed by atoms with Gasteiger partial charge in [0.05, 0.1) is 6.10 Å². The second-order valence-electron chi connectivity index (χ2n) is 12.7.